The van der Waals surface area contributed by atoms with E-state index in [4.69, 9.17) is 9.26 Å². The summed E-state index contributed by atoms with van der Waals surface area (Å²) < 4.78 is 10.1. The Balaban J connectivity index is 1.96. The number of ether oxygens (including phenoxy) is 1. The lowest BCUT2D eigenvalue weighted by molar-refractivity contribution is -0.147. The van der Waals surface area contributed by atoms with Gasteiger partial charge in [-0.3, -0.25) is 9.69 Å². The van der Waals surface area contributed by atoms with E-state index in [0.29, 0.717) is 24.8 Å². The minimum atomic E-state index is -0.137. The second-order valence-corrected chi connectivity index (χ2v) is 6.36. The maximum Gasteiger partial charge on any atom is 0.309 e. The second-order valence-electron chi connectivity index (χ2n) is 6.36. The summed E-state index contributed by atoms with van der Waals surface area (Å²) in [5, 5.41) is 4.02. The van der Waals surface area contributed by atoms with E-state index < -0.39 is 0 Å². The van der Waals surface area contributed by atoms with Crippen LogP contribution in [0.4, 0.5) is 0 Å². The van der Waals surface area contributed by atoms with Crippen molar-refractivity contribution in [2.75, 3.05) is 20.2 Å². The molecule has 0 spiro atoms. The highest BCUT2D eigenvalue weighted by Gasteiger charge is 2.28. The predicted octanol–water partition coefficient (Wildman–Crippen LogP) is 1.75. The fraction of sp³-hybridized carbons (Fsp3) is 0.786. The van der Waals surface area contributed by atoms with Crippen LogP contribution in [0.5, 0.6) is 0 Å². The lowest BCUT2D eigenvalue weighted by atomic mass is 9.97. The first kappa shape index (κ1) is 15.0. The highest BCUT2D eigenvalue weighted by atomic mass is 16.5. The first-order chi connectivity index (χ1) is 9.40. The van der Waals surface area contributed by atoms with Crippen molar-refractivity contribution >= 4 is 5.97 Å². The summed E-state index contributed by atoms with van der Waals surface area (Å²) in [5.41, 5.74) is -0.137. The van der Waals surface area contributed by atoms with Crippen LogP contribution in [0.2, 0.25) is 0 Å². The smallest absolute Gasteiger partial charge is 0.309 e. The van der Waals surface area contributed by atoms with Crippen molar-refractivity contribution in [1.29, 1.82) is 0 Å². The van der Waals surface area contributed by atoms with Gasteiger partial charge in [-0.15, -0.1) is 0 Å². The number of hydrogen-bond acceptors (Lipinski definition) is 6. The zero-order valence-corrected chi connectivity index (χ0v) is 12.7. The second kappa shape index (κ2) is 5.91. The van der Waals surface area contributed by atoms with Crippen molar-refractivity contribution in [3.8, 4) is 0 Å². The molecule has 6 nitrogen and oxygen atoms in total. The molecule has 0 bridgehead atoms. The van der Waals surface area contributed by atoms with Gasteiger partial charge in [0.05, 0.1) is 19.6 Å². The summed E-state index contributed by atoms with van der Waals surface area (Å²) >= 11 is 0. The van der Waals surface area contributed by atoms with Crippen molar-refractivity contribution in [1.82, 2.24) is 15.0 Å². The zero-order chi connectivity index (χ0) is 14.8. The van der Waals surface area contributed by atoms with Crippen molar-refractivity contribution < 1.29 is 14.1 Å². The molecule has 0 amide bonds. The Morgan fingerprint density at radius 1 is 1.50 bits per heavy atom. The maximum absolute atomic E-state index is 11.6. The SMILES string of the molecule is COC(=O)[C@H]1CCCN(Cc2noc(C(C)(C)C)n2)C1. The van der Waals surface area contributed by atoms with E-state index in [9.17, 15) is 4.79 Å². The molecule has 112 valence electrons. The monoisotopic (exact) mass is 281 g/mol. The first-order valence-electron chi connectivity index (χ1n) is 7.03. The summed E-state index contributed by atoms with van der Waals surface area (Å²) in [6, 6.07) is 0. The molecule has 0 saturated carbocycles. The number of methoxy groups -OCH3 is 1. The molecular formula is C14H23N3O3. The molecule has 20 heavy (non-hydrogen) atoms. The highest BCUT2D eigenvalue weighted by molar-refractivity contribution is 5.72. The van der Waals surface area contributed by atoms with Crippen LogP contribution in [0, 0.1) is 5.92 Å². The Labute approximate surface area is 119 Å². The maximum atomic E-state index is 11.6. The van der Waals surface area contributed by atoms with E-state index in [1.54, 1.807) is 0 Å². The minimum Gasteiger partial charge on any atom is -0.469 e. The van der Waals surface area contributed by atoms with Crippen molar-refractivity contribution in [2.45, 2.75) is 45.6 Å². The summed E-state index contributed by atoms with van der Waals surface area (Å²) in [7, 11) is 1.44. The molecule has 2 rings (SSSR count). The largest absolute Gasteiger partial charge is 0.469 e. The zero-order valence-electron chi connectivity index (χ0n) is 12.7. The molecule has 1 aromatic heterocycles. The van der Waals surface area contributed by atoms with Crippen LogP contribution in [0.3, 0.4) is 0 Å². The Morgan fingerprint density at radius 3 is 2.85 bits per heavy atom. The van der Waals surface area contributed by atoms with Crippen LogP contribution in [0.25, 0.3) is 0 Å². The fourth-order valence-corrected chi connectivity index (χ4v) is 2.38. The molecule has 0 N–H and O–H groups in total. The molecule has 1 atom stereocenters. The van der Waals surface area contributed by atoms with E-state index in [1.807, 2.05) is 20.8 Å². The third-order valence-corrected chi connectivity index (χ3v) is 3.51. The highest BCUT2D eigenvalue weighted by Crippen LogP contribution is 2.22. The van der Waals surface area contributed by atoms with Crippen LogP contribution < -0.4 is 0 Å². The number of esters is 1. The van der Waals surface area contributed by atoms with Crippen molar-refractivity contribution in [3.05, 3.63) is 11.7 Å². The average Bonchev–Trinajstić information content (AvgIpc) is 2.86. The molecular weight excluding hydrogens is 258 g/mol. The normalized spacial score (nSPS) is 20.9. The van der Waals surface area contributed by atoms with Gasteiger partial charge in [-0.25, -0.2) is 0 Å². The number of nitrogens with zero attached hydrogens (tertiary/aromatic N) is 3. The van der Waals surface area contributed by atoms with Gasteiger partial charge in [0.15, 0.2) is 5.82 Å². The van der Waals surface area contributed by atoms with Gasteiger partial charge < -0.3 is 9.26 Å². The third-order valence-electron chi connectivity index (χ3n) is 3.51. The molecule has 6 heteroatoms. The summed E-state index contributed by atoms with van der Waals surface area (Å²) in [4.78, 5) is 18.2. The van der Waals surface area contributed by atoms with E-state index >= 15 is 0 Å². The summed E-state index contributed by atoms with van der Waals surface area (Å²) in [6.45, 7) is 8.39. The van der Waals surface area contributed by atoms with Gasteiger partial charge in [0.1, 0.15) is 0 Å². The molecule has 0 unspecified atom stereocenters. The lowest BCUT2D eigenvalue weighted by Gasteiger charge is -2.30. The molecule has 0 aliphatic carbocycles. The number of carbonyl (C=O) groups is 1. The van der Waals surface area contributed by atoms with Crippen LogP contribution in [0.1, 0.15) is 45.3 Å². The quantitative estimate of drug-likeness (QED) is 0.786. The molecule has 0 aromatic carbocycles. The molecule has 2 heterocycles. The molecule has 1 aliphatic rings. The van der Waals surface area contributed by atoms with Crippen molar-refractivity contribution in [3.63, 3.8) is 0 Å². The van der Waals surface area contributed by atoms with Crippen LogP contribution in [0.15, 0.2) is 4.52 Å². The number of hydrogen-bond donors (Lipinski definition) is 0. The van der Waals surface area contributed by atoms with E-state index in [-0.39, 0.29) is 17.3 Å². The fourth-order valence-electron chi connectivity index (χ4n) is 2.38. The standard InChI is InChI=1S/C14H23N3O3/c1-14(2,3)13-15-11(16-20-13)9-17-7-5-6-10(8-17)12(18)19-4/h10H,5-9H2,1-4H3/t10-/m0/s1. The number of piperidine rings is 1. The number of likely N-dealkylation sites (tertiary alicyclic amines) is 1. The third kappa shape index (κ3) is 3.56. The molecule has 1 aromatic rings. The number of carbonyl (C=O) groups excluding carboxylic acids is 1. The number of rotatable bonds is 3. The lowest BCUT2D eigenvalue weighted by Crippen LogP contribution is -2.38. The summed E-state index contributed by atoms with van der Waals surface area (Å²) in [5.74, 6) is 1.16. The Hall–Kier alpha value is -1.43. The van der Waals surface area contributed by atoms with Gasteiger partial charge >= 0.3 is 5.97 Å². The van der Waals surface area contributed by atoms with Gasteiger partial charge in [-0.1, -0.05) is 25.9 Å². The van der Waals surface area contributed by atoms with Crippen LogP contribution >= 0.6 is 0 Å². The Kier molecular flexibility index (Phi) is 4.42. The van der Waals surface area contributed by atoms with Gasteiger partial charge in [0.2, 0.25) is 5.89 Å². The molecule has 0 radical (unpaired) electrons. The Bertz CT molecular complexity index is 464. The molecule has 1 saturated heterocycles. The van der Waals surface area contributed by atoms with Gasteiger partial charge in [-0.2, -0.15) is 4.98 Å². The minimum absolute atomic E-state index is 0.0391. The predicted molar refractivity (Wildman–Crippen MR) is 73.0 cm³/mol. The number of aromatic nitrogens is 2. The van der Waals surface area contributed by atoms with E-state index in [2.05, 4.69) is 15.0 Å². The van der Waals surface area contributed by atoms with E-state index in [0.717, 1.165) is 19.4 Å². The average molecular weight is 281 g/mol. The van der Waals surface area contributed by atoms with Crippen molar-refractivity contribution in [2.24, 2.45) is 5.92 Å². The topological polar surface area (TPSA) is 68.5 Å². The first-order valence-corrected chi connectivity index (χ1v) is 7.03. The van der Waals surface area contributed by atoms with E-state index in [1.165, 1.54) is 7.11 Å². The van der Waals surface area contributed by atoms with Gasteiger partial charge in [0.25, 0.3) is 0 Å². The summed E-state index contributed by atoms with van der Waals surface area (Å²) in [6.07, 6.45) is 1.88. The van der Waals surface area contributed by atoms with Crippen LogP contribution in [-0.4, -0.2) is 41.2 Å². The van der Waals surface area contributed by atoms with Gasteiger partial charge in [0, 0.05) is 12.0 Å². The van der Waals surface area contributed by atoms with Gasteiger partial charge in [-0.05, 0) is 19.4 Å². The Morgan fingerprint density at radius 2 is 2.25 bits per heavy atom. The molecule has 1 aliphatic heterocycles. The molecule has 1 fully saturated rings. The van der Waals surface area contributed by atoms with Crippen LogP contribution in [-0.2, 0) is 21.5 Å².